The second-order valence-corrected chi connectivity index (χ2v) is 6.89. The standard InChI is InChI=1S/C13H20N2O2S/c1-4-10-5-6-11-12(7-10)18(16,17)13(8-14-3)9(2)15-11/h5-7,9,13-15H,4,8H2,1-3H3. The first-order valence-electron chi connectivity index (χ1n) is 6.28. The zero-order chi connectivity index (χ0) is 13.3. The first kappa shape index (κ1) is 13.4. The molecule has 1 aliphatic heterocycles. The summed E-state index contributed by atoms with van der Waals surface area (Å²) in [6.45, 7) is 4.40. The average molecular weight is 268 g/mol. The highest BCUT2D eigenvalue weighted by molar-refractivity contribution is 7.92. The Morgan fingerprint density at radius 1 is 1.39 bits per heavy atom. The number of rotatable bonds is 3. The van der Waals surface area contributed by atoms with E-state index in [9.17, 15) is 8.42 Å². The molecule has 1 aliphatic rings. The van der Waals surface area contributed by atoms with Gasteiger partial charge in [0.1, 0.15) is 0 Å². The zero-order valence-corrected chi connectivity index (χ0v) is 11.8. The van der Waals surface area contributed by atoms with Gasteiger partial charge in [0, 0.05) is 12.6 Å². The highest BCUT2D eigenvalue weighted by Gasteiger charge is 2.38. The van der Waals surface area contributed by atoms with Gasteiger partial charge in [-0.05, 0) is 38.1 Å². The molecule has 2 unspecified atom stereocenters. The maximum absolute atomic E-state index is 12.6. The van der Waals surface area contributed by atoms with E-state index in [0.29, 0.717) is 11.4 Å². The number of aryl methyl sites for hydroxylation is 1. The third-order valence-electron chi connectivity index (χ3n) is 3.51. The monoisotopic (exact) mass is 268 g/mol. The highest BCUT2D eigenvalue weighted by Crippen LogP contribution is 2.33. The van der Waals surface area contributed by atoms with E-state index in [2.05, 4.69) is 10.6 Å². The van der Waals surface area contributed by atoms with Crippen molar-refractivity contribution in [2.24, 2.45) is 0 Å². The lowest BCUT2D eigenvalue weighted by molar-refractivity contribution is 0.549. The Hall–Kier alpha value is -1.07. The fraction of sp³-hybridized carbons (Fsp3) is 0.538. The van der Waals surface area contributed by atoms with E-state index in [1.807, 2.05) is 26.0 Å². The quantitative estimate of drug-likeness (QED) is 0.870. The lowest BCUT2D eigenvalue weighted by Crippen LogP contribution is -2.47. The van der Waals surface area contributed by atoms with Crippen molar-refractivity contribution < 1.29 is 8.42 Å². The number of benzene rings is 1. The molecule has 0 spiro atoms. The number of hydrogen-bond acceptors (Lipinski definition) is 4. The van der Waals surface area contributed by atoms with Gasteiger partial charge in [0.2, 0.25) is 0 Å². The summed E-state index contributed by atoms with van der Waals surface area (Å²) >= 11 is 0. The van der Waals surface area contributed by atoms with Crippen molar-refractivity contribution in [2.75, 3.05) is 18.9 Å². The minimum absolute atomic E-state index is 0.0811. The Labute approximate surface area is 109 Å². The van der Waals surface area contributed by atoms with E-state index < -0.39 is 15.1 Å². The number of anilines is 1. The second kappa shape index (κ2) is 4.90. The van der Waals surface area contributed by atoms with Crippen molar-refractivity contribution in [3.8, 4) is 0 Å². The van der Waals surface area contributed by atoms with Gasteiger partial charge in [-0.25, -0.2) is 8.42 Å². The molecule has 0 aliphatic carbocycles. The van der Waals surface area contributed by atoms with Crippen LogP contribution in [0.1, 0.15) is 19.4 Å². The molecular weight excluding hydrogens is 248 g/mol. The van der Waals surface area contributed by atoms with Crippen LogP contribution in [-0.4, -0.2) is 33.3 Å². The molecule has 2 atom stereocenters. The smallest absolute Gasteiger partial charge is 0.186 e. The molecule has 0 amide bonds. The number of fused-ring (bicyclic) bond motifs is 1. The maximum atomic E-state index is 12.6. The van der Waals surface area contributed by atoms with E-state index in [1.54, 1.807) is 13.1 Å². The van der Waals surface area contributed by atoms with Gasteiger partial charge in [-0.1, -0.05) is 13.0 Å². The van der Waals surface area contributed by atoms with Crippen LogP contribution in [0.3, 0.4) is 0 Å². The Morgan fingerprint density at radius 3 is 2.72 bits per heavy atom. The summed E-state index contributed by atoms with van der Waals surface area (Å²) in [5.41, 5.74) is 1.78. The average Bonchev–Trinajstić information content (AvgIpc) is 2.34. The van der Waals surface area contributed by atoms with E-state index >= 15 is 0 Å². The fourth-order valence-electron chi connectivity index (χ4n) is 2.40. The van der Waals surface area contributed by atoms with Gasteiger partial charge < -0.3 is 10.6 Å². The predicted molar refractivity (Wildman–Crippen MR) is 73.8 cm³/mol. The molecule has 0 radical (unpaired) electrons. The molecule has 5 heteroatoms. The Bertz CT molecular complexity index is 540. The minimum Gasteiger partial charge on any atom is -0.380 e. The third kappa shape index (κ3) is 2.12. The SMILES string of the molecule is CCc1ccc2c(c1)S(=O)(=O)C(CNC)C(C)N2. The molecule has 100 valence electrons. The Balaban J connectivity index is 2.53. The Morgan fingerprint density at radius 2 is 2.11 bits per heavy atom. The topological polar surface area (TPSA) is 58.2 Å². The first-order chi connectivity index (χ1) is 8.50. The highest BCUT2D eigenvalue weighted by atomic mass is 32.2. The first-order valence-corrected chi connectivity index (χ1v) is 7.83. The summed E-state index contributed by atoms with van der Waals surface area (Å²) in [5.74, 6) is 0. The van der Waals surface area contributed by atoms with Crippen LogP contribution in [0.4, 0.5) is 5.69 Å². The Kier molecular flexibility index (Phi) is 3.64. The fourth-order valence-corrected chi connectivity index (χ4v) is 4.47. The molecule has 2 N–H and O–H groups in total. The van der Waals surface area contributed by atoms with E-state index in [1.165, 1.54) is 0 Å². The van der Waals surface area contributed by atoms with Crippen LogP contribution in [0.2, 0.25) is 0 Å². The van der Waals surface area contributed by atoms with Gasteiger partial charge in [0.05, 0.1) is 15.8 Å². The van der Waals surface area contributed by atoms with E-state index in [0.717, 1.165) is 17.7 Å². The molecule has 0 aromatic heterocycles. The molecule has 0 saturated heterocycles. The van der Waals surface area contributed by atoms with Crippen LogP contribution in [0.5, 0.6) is 0 Å². The number of sulfone groups is 1. The third-order valence-corrected chi connectivity index (χ3v) is 5.83. The van der Waals surface area contributed by atoms with Crippen LogP contribution in [-0.2, 0) is 16.3 Å². The van der Waals surface area contributed by atoms with E-state index in [-0.39, 0.29) is 6.04 Å². The van der Waals surface area contributed by atoms with Gasteiger partial charge in [0.25, 0.3) is 0 Å². The van der Waals surface area contributed by atoms with Crippen LogP contribution in [0.15, 0.2) is 23.1 Å². The molecule has 1 aromatic rings. The number of hydrogen-bond donors (Lipinski definition) is 2. The van der Waals surface area contributed by atoms with Crippen LogP contribution in [0.25, 0.3) is 0 Å². The van der Waals surface area contributed by atoms with Gasteiger partial charge in [-0.2, -0.15) is 0 Å². The normalized spacial score (nSPS) is 25.3. The van der Waals surface area contributed by atoms with Crippen molar-refractivity contribution in [2.45, 2.75) is 36.5 Å². The lowest BCUT2D eigenvalue weighted by atomic mass is 10.1. The molecule has 0 bridgehead atoms. The number of nitrogens with one attached hydrogen (secondary N) is 2. The summed E-state index contributed by atoms with van der Waals surface area (Å²) in [7, 11) is -1.47. The molecule has 4 nitrogen and oxygen atoms in total. The van der Waals surface area contributed by atoms with Gasteiger partial charge in [0.15, 0.2) is 9.84 Å². The molecule has 1 heterocycles. The van der Waals surface area contributed by atoms with Gasteiger partial charge in [-0.3, -0.25) is 0 Å². The molecule has 1 aromatic carbocycles. The van der Waals surface area contributed by atoms with Crippen molar-refractivity contribution >= 4 is 15.5 Å². The minimum atomic E-state index is -3.25. The van der Waals surface area contributed by atoms with Crippen molar-refractivity contribution in [1.29, 1.82) is 0 Å². The summed E-state index contributed by atoms with van der Waals surface area (Å²) in [5, 5.41) is 5.83. The van der Waals surface area contributed by atoms with Crippen molar-refractivity contribution in [3.05, 3.63) is 23.8 Å². The van der Waals surface area contributed by atoms with Gasteiger partial charge >= 0.3 is 0 Å². The maximum Gasteiger partial charge on any atom is 0.186 e. The second-order valence-electron chi connectivity index (χ2n) is 4.76. The summed E-state index contributed by atoms with van der Waals surface area (Å²) in [4.78, 5) is 0.445. The van der Waals surface area contributed by atoms with Crippen molar-refractivity contribution in [1.82, 2.24) is 5.32 Å². The zero-order valence-electron chi connectivity index (χ0n) is 11.0. The lowest BCUT2D eigenvalue weighted by Gasteiger charge is -2.32. The molecule has 0 saturated carbocycles. The molecule has 18 heavy (non-hydrogen) atoms. The molecular formula is C13H20N2O2S. The largest absolute Gasteiger partial charge is 0.380 e. The summed E-state index contributed by atoms with van der Waals surface area (Å²) in [6.07, 6.45) is 0.842. The van der Waals surface area contributed by atoms with Crippen molar-refractivity contribution in [3.63, 3.8) is 0 Å². The summed E-state index contributed by atoms with van der Waals surface area (Å²) in [6, 6.07) is 5.57. The molecule has 2 rings (SSSR count). The van der Waals surface area contributed by atoms with Crippen LogP contribution >= 0.6 is 0 Å². The molecule has 0 fully saturated rings. The van der Waals surface area contributed by atoms with Gasteiger partial charge in [-0.15, -0.1) is 0 Å². The van der Waals surface area contributed by atoms with Crippen LogP contribution in [0, 0.1) is 0 Å². The predicted octanol–water partition coefficient (Wildman–Crippen LogP) is 1.42. The van der Waals surface area contributed by atoms with Crippen LogP contribution < -0.4 is 10.6 Å². The summed E-state index contributed by atoms with van der Waals surface area (Å²) < 4.78 is 25.2. The van der Waals surface area contributed by atoms with E-state index in [4.69, 9.17) is 0 Å².